The van der Waals surface area contributed by atoms with Gasteiger partial charge in [-0.05, 0) is 98.6 Å². The summed E-state index contributed by atoms with van der Waals surface area (Å²) in [5.74, 6) is 7.88. The molecule has 0 saturated carbocycles. The van der Waals surface area contributed by atoms with E-state index in [1.807, 2.05) is 24.9 Å². The van der Waals surface area contributed by atoms with Gasteiger partial charge in [0.25, 0.3) is 0 Å². The molecule has 200 valence electrons. The van der Waals surface area contributed by atoms with Crippen LogP contribution in [-0.4, -0.2) is 28.3 Å². The second-order valence-electron chi connectivity index (χ2n) is 10.1. The summed E-state index contributed by atoms with van der Waals surface area (Å²) in [5, 5.41) is 0. The average molecular weight is 521 g/mol. The lowest BCUT2D eigenvalue weighted by Crippen LogP contribution is -2.29. The maximum atomic E-state index is 11.5. The minimum absolute atomic E-state index is 0.125. The summed E-state index contributed by atoms with van der Waals surface area (Å²) in [6, 6.07) is 4.85. The van der Waals surface area contributed by atoms with Crippen molar-refractivity contribution in [2.45, 2.75) is 115 Å². The van der Waals surface area contributed by atoms with Gasteiger partial charge in [0.15, 0.2) is 0 Å². The lowest BCUT2D eigenvalue weighted by molar-refractivity contribution is -0.143. The molecule has 1 aliphatic rings. The van der Waals surface area contributed by atoms with E-state index in [0.717, 1.165) is 36.9 Å². The van der Waals surface area contributed by atoms with Crippen molar-refractivity contribution in [2.75, 3.05) is 12.4 Å². The van der Waals surface area contributed by atoms with Gasteiger partial charge in [-0.25, -0.2) is 4.98 Å². The first kappa shape index (κ1) is 29.2. The highest BCUT2D eigenvalue weighted by molar-refractivity contribution is 7.99. The molecule has 2 heterocycles. The lowest BCUT2D eigenvalue weighted by Gasteiger charge is -2.38. The van der Waals surface area contributed by atoms with E-state index in [1.165, 1.54) is 66.7 Å². The van der Waals surface area contributed by atoms with Gasteiger partial charge in [0.05, 0.1) is 18.5 Å². The molecule has 1 aliphatic heterocycles. The molecule has 3 rings (SSSR count). The van der Waals surface area contributed by atoms with Crippen molar-refractivity contribution in [2.24, 2.45) is 0 Å². The number of carbonyl (C=O) groups is 1. The van der Waals surface area contributed by atoms with Gasteiger partial charge in [0, 0.05) is 23.1 Å². The molecular weight excluding hydrogens is 476 g/mol. The van der Waals surface area contributed by atoms with Crippen molar-refractivity contribution < 1.29 is 9.53 Å². The van der Waals surface area contributed by atoms with Crippen molar-refractivity contribution in [3.05, 3.63) is 52.6 Å². The third-order valence-electron chi connectivity index (χ3n) is 7.67. The van der Waals surface area contributed by atoms with Crippen LogP contribution in [0.3, 0.4) is 0 Å². The third-order valence-corrected chi connectivity index (χ3v) is 8.72. The second-order valence-corrected chi connectivity index (χ2v) is 11.2. The van der Waals surface area contributed by atoms with Gasteiger partial charge in [-0.15, -0.1) is 11.8 Å². The molecule has 0 N–H and O–H groups in total. The van der Waals surface area contributed by atoms with Crippen molar-refractivity contribution in [1.29, 1.82) is 0 Å². The summed E-state index contributed by atoms with van der Waals surface area (Å²) < 4.78 is 4.99. The molecule has 0 amide bonds. The minimum atomic E-state index is -0.125. The van der Waals surface area contributed by atoms with Crippen LogP contribution in [0.1, 0.15) is 120 Å². The summed E-state index contributed by atoms with van der Waals surface area (Å²) in [7, 11) is 0. The number of hydrogen-bond acceptors (Lipinski definition) is 5. The van der Waals surface area contributed by atoms with Crippen LogP contribution in [0.5, 0.6) is 0 Å². The molecule has 0 unspecified atom stereocenters. The Bertz CT molecular complexity index is 1060. The second kappa shape index (κ2) is 15.2. The lowest BCUT2D eigenvalue weighted by atomic mass is 9.72. The highest BCUT2D eigenvalue weighted by Crippen LogP contribution is 2.47. The zero-order valence-electron chi connectivity index (χ0n) is 23.3. The number of fused-ring (bicyclic) bond motifs is 1. The monoisotopic (exact) mass is 520 g/mol. The van der Waals surface area contributed by atoms with E-state index in [-0.39, 0.29) is 11.4 Å². The standard InChI is InChI=1S/C32H44N2O2S/c1-5-9-10-11-14-25-22-30-29(32(6-2,7-3)19-20-37-30)21-26(25)17-18-28-24-33-27(23-34-28)15-12-13-16-31(35)36-8-4/h21-24H,5-16,19-20H2,1-4H3. The molecule has 0 fully saturated rings. The van der Waals surface area contributed by atoms with Crippen molar-refractivity contribution >= 4 is 17.7 Å². The van der Waals surface area contributed by atoms with Crippen LogP contribution in [-0.2, 0) is 27.8 Å². The van der Waals surface area contributed by atoms with Crippen molar-refractivity contribution in [3.8, 4) is 11.8 Å². The number of unbranched alkanes of at least 4 members (excludes halogenated alkanes) is 4. The summed E-state index contributed by atoms with van der Waals surface area (Å²) >= 11 is 2.02. The predicted octanol–water partition coefficient (Wildman–Crippen LogP) is 7.83. The molecule has 2 aromatic rings. The largest absolute Gasteiger partial charge is 0.466 e. The Morgan fingerprint density at radius 2 is 1.78 bits per heavy atom. The van der Waals surface area contributed by atoms with Crippen LogP contribution in [0.25, 0.3) is 0 Å². The maximum Gasteiger partial charge on any atom is 0.305 e. The molecule has 0 atom stereocenters. The minimum Gasteiger partial charge on any atom is -0.466 e. The van der Waals surface area contributed by atoms with Gasteiger partial charge in [0.1, 0.15) is 5.69 Å². The Kier molecular flexibility index (Phi) is 12.0. The Balaban J connectivity index is 1.76. The van der Waals surface area contributed by atoms with Crippen molar-refractivity contribution in [3.63, 3.8) is 0 Å². The molecule has 5 heteroatoms. The summed E-state index contributed by atoms with van der Waals surface area (Å²) in [4.78, 5) is 22.1. The number of hydrogen-bond donors (Lipinski definition) is 0. The van der Waals surface area contributed by atoms with E-state index < -0.39 is 0 Å². The number of benzene rings is 1. The highest BCUT2D eigenvalue weighted by Gasteiger charge is 2.34. The molecule has 0 spiro atoms. The fraction of sp³-hybridized carbons (Fsp3) is 0.594. The van der Waals surface area contributed by atoms with Gasteiger partial charge in [-0.2, -0.15) is 0 Å². The van der Waals surface area contributed by atoms with Crippen LogP contribution in [0.15, 0.2) is 29.4 Å². The molecular formula is C32H44N2O2S. The number of esters is 1. The van der Waals surface area contributed by atoms with Crippen LogP contribution in [0, 0.1) is 11.8 Å². The first-order valence-corrected chi connectivity index (χ1v) is 15.3. The quantitative estimate of drug-likeness (QED) is 0.153. The normalized spacial score (nSPS) is 13.9. The topological polar surface area (TPSA) is 52.1 Å². The van der Waals surface area contributed by atoms with Crippen LogP contribution >= 0.6 is 11.8 Å². The number of aromatic nitrogens is 2. The van der Waals surface area contributed by atoms with E-state index in [0.29, 0.717) is 18.7 Å². The van der Waals surface area contributed by atoms with Crippen LogP contribution < -0.4 is 0 Å². The Morgan fingerprint density at radius 1 is 0.973 bits per heavy atom. The molecule has 37 heavy (non-hydrogen) atoms. The van der Waals surface area contributed by atoms with Gasteiger partial charge in [-0.1, -0.05) is 46.0 Å². The number of thioether (sulfide) groups is 1. The number of nitrogens with zero attached hydrogens (tertiary/aromatic N) is 2. The zero-order chi connectivity index (χ0) is 26.5. The third kappa shape index (κ3) is 8.34. The molecule has 1 aromatic heterocycles. The van der Waals surface area contributed by atoms with E-state index in [4.69, 9.17) is 4.74 Å². The van der Waals surface area contributed by atoms with Gasteiger partial charge in [-0.3, -0.25) is 9.78 Å². The fourth-order valence-corrected chi connectivity index (χ4v) is 6.55. The van der Waals surface area contributed by atoms with Crippen LogP contribution in [0.4, 0.5) is 0 Å². The SMILES string of the molecule is CCCCCCc1cc2c(cc1C#Cc1cnc(CCCCC(=O)OCC)cn1)C(CC)(CC)CCS2. The summed E-state index contributed by atoms with van der Waals surface area (Å²) in [6.07, 6.45) is 16.3. The smallest absolute Gasteiger partial charge is 0.305 e. The summed E-state index contributed by atoms with van der Waals surface area (Å²) in [6.45, 7) is 9.20. The molecule has 4 nitrogen and oxygen atoms in total. The molecule has 0 saturated heterocycles. The van der Waals surface area contributed by atoms with E-state index in [1.54, 1.807) is 6.20 Å². The molecule has 0 bridgehead atoms. The fourth-order valence-electron chi connectivity index (χ4n) is 5.19. The number of rotatable bonds is 13. The Morgan fingerprint density at radius 3 is 2.49 bits per heavy atom. The maximum absolute atomic E-state index is 11.5. The van der Waals surface area contributed by atoms with Gasteiger partial charge >= 0.3 is 5.97 Å². The average Bonchev–Trinajstić information content (AvgIpc) is 2.92. The number of aryl methyl sites for hydroxylation is 2. The van der Waals surface area contributed by atoms with E-state index in [9.17, 15) is 4.79 Å². The Hall–Kier alpha value is -2.32. The van der Waals surface area contributed by atoms with Crippen LogP contribution in [0.2, 0.25) is 0 Å². The first-order chi connectivity index (χ1) is 18.0. The van der Waals surface area contributed by atoms with Gasteiger partial charge < -0.3 is 4.74 Å². The molecule has 0 aliphatic carbocycles. The predicted molar refractivity (Wildman–Crippen MR) is 154 cm³/mol. The summed E-state index contributed by atoms with van der Waals surface area (Å²) in [5.41, 5.74) is 5.95. The number of carbonyl (C=O) groups excluding carboxylic acids is 1. The molecule has 1 aromatic carbocycles. The zero-order valence-corrected chi connectivity index (χ0v) is 24.1. The Labute approximate surface area is 228 Å². The highest BCUT2D eigenvalue weighted by atomic mass is 32.2. The van der Waals surface area contributed by atoms with E-state index >= 15 is 0 Å². The first-order valence-electron chi connectivity index (χ1n) is 14.3. The van der Waals surface area contributed by atoms with Crippen molar-refractivity contribution in [1.82, 2.24) is 9.97 Å². The van der Waals surface area contributed by atoms with E-state index in [2.05, 4.69) is 54.7 Å². The van der Waals surface area contributed by atoms with Gasteiger partial charge in [0.2, 0.25) is 0 Å². The molecule has 0 radical (unpaired) electrons. The number of ether oxygens (including phenoxy) is 1.